The van der Waals surface area contributed by atoms with E-state index in [2.05, 4.69) is 4.72 Å². The summed E-state index contributed by atoms with van der Waals surface area (Å²) in [6, 6.07) is 0. The van der Waals surface area contributed by atoms with Crippen LogP contribution in [0, 0.1) is 0 Å². The summed E-state index contributed by atoms with van der Waals surface area (Å²) in [6.07, 6.45) is 0.666. The van der Waals surface area contributed by atoms with E-state index in [9.17, 15) is 8.42 Å². The van der Waals surface area contributed by atoms with Gasteiger partial charge in [-0.3, -0.25) is 0 Å². The third-order valence-corrected chi connectivity index (χ3v) is 3.06. The third kappa shape index (κ3) is 3.91. The molecule has 1 N–H and O–H groups in total. The third-order valence-electron chi connectivity index (χ3n) is 1.27. The summed E-state index contributed by atoms with van der Waals surface area (Å²) < 4.78 is 25.4. The summed E-state index contributed by atoms with van der Waals surface area (Å²) in [7, 11) is -0.352. The first-order chi connectivity index (χ1) is 5.04. The normalized spacial score (nSPS) is 12.4. The van der Waals surface area contributed by atoms with Gasteiger partial charge < -0.3 is 0 Å². The van der Waals surface area contributed by atoms with Gasteiger partial charge in [0.15, 0.2) is 0 Å². The number of rotatable bonds is 5. The minimum absolute atomic E-state index is 0.451. The van der Waals surface area contributed by atoms with Gasteiger partial charge in [0.1, 0.15) is 0 Å². The van der Waals surface area contributed by atoms with Crippen molar-refractivity contribution >= 4 is 21.8 Å². The largest absolute Gasteiger partial charge is 0.278 e. The predicted octanol–water partition coefficient (Wildman–Crippen LogP) is 0.0113. The van der Waals surface area contributed by atoms with Gasteiger partial charge in [-0.05, 0) is 6.42 Å². The Balaban J connectivity index is 3.93. The molecule has 0 aromatic rings. The number of hydrogen-bond donors (Lipinski definition) is 1. The standard InChI is InChI=1S/C5H13ClN2O2S/c1-7-11(9,10)8(2)5-3-4-6/h7H,3-5H2,1-2H3. The molecular formula is C5H13ClN2O2S. The van der Waals surface area contributed by atoms with Gasteiger partial charge in [-0.25, -0.2) is 4.72 Å². The number of nitrogens with one attached hydrogen (secondary N) is 1. The first kappa shape index (κ1) is 11.2. The highest BCUT2D eigenvalue weighted by atomic mass is 35.5. The molecule has 0 bridgehead atoms. The number of nitrogens with zero attached hydrogens (tertiary/aromatic N) is 1. The Morgan fingerprint density at radius 2 is 2.09 bits per heavy atom. The average molecular weight is 201 g/mol. The van der Waals surface area contributed by atoms with Crippen LogP contribution >= 0.6 is 11.6 Å². The van der Waals surface area contributed by atoms with Crippen molar-refractivity contribution in [3.63, 3.8) is 0 Å². The van der Waals surface area contributed by atoms with Crippen LogP contribution in [0.4, 0.5) is 0 Å². The minimum atomic E-state index is -3.25. The van der Waals surface area contributed by atoms with Crippen LogP contribution in [-0.4, -0.2) is 39.2 Å². The highest BCUT2D eigenvalue weighted by molar-refractivity contribution is 7.87. The molecule has 0 unspecified atom stereocenters. The molecule has 0 spiro atoms. The van der Waals surface area contributed by atoms with Gasteiger partial charge in [-0.15, -0.1) is 11.6 Å². The monoisotopic (exact) mass is 200 g/mol. The van der Waals surface area contributed by atoms with Crippen molar-refractivity contribution in [3.05, 3.63) is 0 Å². The maximum absolute atomic E-state index is 11.0. The second-order valence-corrected chi connectivity index (χ2v) is 4.43. The Hall–Kier alpha value is 0.160. The van der Waals surface area contributed by atoms with Crippen molar-refractivity contribution in [2.24, 2.45) is 0 Å². The Labute approximate surface area is 72.7 Å². The summed E-state index contributed by atoms with van der Waals surface area (Å²) in [5, 5.41) is 0. The molecule has 0 amide bonds. The minimum Gasteiger partial charge on any atom is -0.205 e. The number of halogens is 1. The summed E-state index contributed by atoms with van der Waals surface area (Å²) in [5.41, 5.74) is 0. The molecule has 4 nitrogen and oxygen atoms in total. The highest BCUT2D eigenvalue weighted by Gasteiger charge is 2.12. The molecule has 0 saturated heterocycles. The molecule has 0 rings (SSSR count). The van der Waals surface area contributed by atoms with Crippen molar-refractivity contribution < 1.29 is 8.42 Å². The molecule has 0 aliphatic rings. The van der Waals surface area contributed by atoms with Crippen LogP contribution in [0.2, 0.25) is 0 Å². The predicted molar refractivity (Wildman–Crippen MR) is 45.9 cm³/mol. The summed E-state index contributed by atoms with van der Waals surface area (Å²) in [6.45, 7) is 0.451. The van der Waals surface area contributed by atoms with E-state index in [0.29, 0.717) is 18.8 Å². The maximum Gasteiger partial charge on any atom is 0.278 e. The van der Waals surface area contributed by atoms with Crippen LogP contribution in [-0.2, 0) is 10.2 Å². The smallest absolute Gasteiger partial charge is 0.205 e. The van der Waals surface area contributed by atoms with Gasteiger partial charge >= 0.3 is 0 Å². The lowest BCUT2D eigenvalue weighted by atomic mass is 10.5. The molecule has 6 heteroatoms. The van der Waals surface area contributed by atoms with Gasteiger partial charge in [0.2, 0.25) is 0 Å². The lowest BCUT2D eigenvalue weighted by Gasteiger charge is -2.14. The van der Waals surface area contributed by atoms with E-state index in [1.165, 1.54) is 18.4 Å². The fraction of sp³-hybridized carbons (Fsp3) is 1.00. The molecule has 0 radical (unpaired) electrons. The SMILES string of the molecule is CNS(=O)(=O)N(C)CCCCl. The molecule has 11 heavy (non-hydrogen) atoms. The van der Waals surface area contributed by atoms with E-state index in [0.717, 1.165) is 0 Å². The summed E-state index contributed by atoms with van der Waals surface area (Å²) in [5.74, 6) is 0.476. The Morgan fingerprint density at radius 1 is 1.55 bits per heavy atom. The maximum atomic E-state index is 11.0. The van der Waals surface area contributed by atoms with E-state index in [-0.39, 0.29) is 0 Å². The van der Waals surface area contributed by atoms with Crippen LogP contribution in [0.3, 0.4) is 0 Å². The van der Waals surface area contributed by atoms with Crippen molar-refractivity contribution in [3.8, 4) is 0 Å². The van der Waals surface area contributed by atoms with Crippen LogP contribution in [0.1, 0.15) is 6.42 Å². The van der Waals surface area contributed by atoms with Crippen LogP contribution in [0.5, 0.6) is 0 Å². The van der Waals surface area contributed by atoms with Crippen molar-refractivity contribution in [1.29, 1.82) is 0 Å². The lowest BCUT2D eigenvalue weighted by molar-refractivity contribution is 0.462. The molecule has 68 valence electrons. The van der Waals surface area contributed by atoms with E-state index in [1.807, 2.05) is 0 Å². The fourth-order valence-corrected chi connectivity index (χ4v) is 1.36. The molecular weight excluding hydrogens is 188 g/mol. The zero-order chi connectivity index (χ0) is 8.91. The molecule has 0 aliphatic heterocycles. The first-order valence-electron chi connectivity index (χ1n) is 3.25. The second-order valence-electron chi connectivity index (χ2n) is 2.07. The molecule has 0 aromatic heterocycles. The van der Waals surface area contributed by atoms with Crippen molar-refractivity contribution in [2.75, 3.05) is 26.5 Å². The summed E-state index contributed by atoms with van der Waals surface area (Å²) >= 11 is 5.40. The number of alkyl halides is 1. The van der Waals surface area contributed by atoms with Crippen molar-refractivity contribution in [1.82, 2.24) is 9.03 Å². The zero-order valence-corrected chi connectivity index (χ0v) is 8.24. The van der Waals surface area contributed by atoms with E-state index in [1.54, 1.807) is 0 Å². The summed E-state index contributed by atoms with van der Waals surface area (Å²) in [4.78, 5) is 0. The quantitative estimate of drug-likeness (QED) is 0.636. The molecule has 0 aliphatic carbocycles. The average Bonchev–Trinajstić information content (AvgIpc) is 2.00. The van der Waals surface area contributed by atoms with Crippen LogP contribution in [0.15, 0.2) is 0 Å². The van der Waals surface area contributed by atoms with E-state index < -0.39 is 10.2 Å². The van der Waals surface area contributed by atoms with Gasteiger partial charge in [0.05, 0.1) is 0 Å². The van der Waals surface area contributed by atoms with Gasteiger partial charge in [0, 0.05) is 26.5 Å². The highest BCUT2D eigenvalue weighted by Crippen LogP contribution is 1.95. The van der Waals surface area contributed by atoms with Gasteiger partial charge in [0.25, 0.3) is 10.2 Å². The van der Waals surface area contributed by atoms with Gasteiger partial charge in [-0.2, -0.15) is 12.7 Å². The first-order valence-corrected chi connectivity index (χ1v) is 5.23. The lowest BCUT2D eigenvalue weighted by Crippen LogP contribution is -2.36. The topological polar surface area (TPSA) is 49.4 Å². The second kappa shape index (κ2) is 4.92. The van der Waals surface area contributed by atoms with E-state index in [4.69, 9.17) is 11.6 Å². The molecule has 0 aromatic carbocycles. The molecule has 0 heterocycles. The zero-order valence-electron chi connectivity index (χ0n) is 6.67. The van der Waals surface area contributed by atoms with Crippen LogP contribution in [0.25, 0.3) is 0 Å². The van der Waals surface area contributed by atoms with Gasteiger partial charge in [-0.1, -0.05) is 0 Å². The molecule has 0 atom stereocenters. The Bertz CT molecular complexity index is 193. The Morgan fingerprint density at radius 3 is 2.45 bits per heavy atom. The Kier molecular flexibility index (Phi) is 4.99. The van der Waals surface area contributed by atoms with E-state index >= 15 is 0 Å². The molecule has 0 fully saturated rings. The van der Waals surface area contributed by atoms with Crippen molar-refractivity contribution in [2.45, 2.75) is 6.42 Å². The fourth-order valence-electron chi connectivity index (χ4n) is 0.558. The molecule has 0 saturated carbocycles. The number of hydrogen-bond acceptors (Lipinski definition) is 2. The van der Waals surface area contributed by atoms with Crippen LogP contribution < -0.4 is 4.72 Å².